The Morgan fingerprint density at radius 1 is 0.909 bits per heavy atom. The van der Waals surface area contributed by atoms with Crippen LogP contribution in [0.3, 0.4) is 0 Å². The lowest BCUT2D eigenvalue weighted by Crippen LogP contribution is -2.14. The summed E-state index contributed by atoms with van der Waals surface area (Å²) < 4.78 is 1.57. The Kier molecular flexibility index (Phi) is 2.79. The van der Waals surface area contributed by atoms with Crippen LogP contribution in [0.4, 0.5) is 0 Å². The molecule has 0 aliphatic heterocycles. The highest BCUT2D eigenvalue weighted by Gasteiger charge is 2.06. The highest BCUT2D eigenvalue weighted by atomic mass is 16.1. The van der Waals surface area contributed by atoms with Crippen molar-refractivity contribution in [3.8, 4) is 11.3 Å². The zero-order chi connectivity index (χ0) is 15.1. The van der Waals surface area contributed by atoms with Gasteiger partial charge in [0.05, 0.1) is 5.69 Å². The third-order valence-electron chi connectivity index (χ3n) is 3.87. The van der Waals surface area contributed by atoms with Gasteiger partial charge in [0, 0.05) is 17.8 Å². The largest absolute Gasteiger partial charge is 0.269 e. The molecule has 0 bridgehead atoms. The molecule has 0 radical (unpaired) electrons. The quantitative estimate of drug-likeness (QED) is 0.533. The molecule has 2 heterocycles. The van der Waals surface area contributed by atoms with E-state index in [9.17, 15) is 4.79 Å². The van der Waals surface area contributed by atoms with E-state index < -0.39 is 0 Å². The fourth-order valence-electron chi connectivity index (χ4n) is 2.70. The summed E-state index contributed by atoms with van der Waals surface area (Å²) in [6.07, 6.45) is 1.77. The van der Waals surface area contributed by atoms with Gasteiger partial charge in [-0.25, -0.2) is 4.98 Å². The lowest BCUT2D eigenvalue weighted by Gasteiger charge is -2.06. The van der Waals surface area contributed by atoms with Crippen molar-refractivity contribution < 1.29 is 0 Å². The number of rotatable bonds is 1. The number of aromatic nitrogens is 2. The van der Waals surface area contributed by atoms with Gasteiger partial charge in [0.2, 0.25) is 0 Å². The number of hydrogen-bond donors (Lipinski definition) is 0. The van der Waals surface area contributed by atoms with Crippen LogP contribution in [0.15, 0.2) is 71.7 Å². The average Bonchev–Trinajstić information content (AvgIpc) is 2.54. The maximum atomic E-state index is 12.3. The predicted molar refractivity (Wildman–Crippen MR) is 89.1 cm³/mol. The molecule has 0 saturated heterocycles. The zero-order valence-corrected chi connectivity index (χ0v) is 12.2. The lowest BCUT2D eigenvalue weighted by molar-refractivity contribution is 1.04. The molecule has 0 amide bonds. The summed E-state index contributed by atoms with van der Waals surface area (Å²) in [5, 5.41) is 2.32. The second kappa shape index (κ2) is 4.81. The normalized spacial score (nSPS) is 11.1. The molecular formula is C19H14N2O. The highest BCUT2D eigenvalue weighted by Crippen LogP contribution is 2.22. The van der Waals surface area contributed by atoms with Crippen molar-refractivity contribution >= 4 is 16.4 Å². The molecule has 0 atom stereocenters. The van der Waals surface area contributed by atoms with Crippen molar-refractivity contribution in [1.82, 2.24) is 9.38 Å². The van der Waals surface area contributed by atoms with Gasteiger partial charge in [0.25, 0.3) is 5.56 Å². The fourth-order valence-corrected chi connectivity index (χ4v) is 2.70. The molecule has 2 aromatic carbocycles. The summed E-state index contributed by atoms with van der Waals surface area (Å²) in [5.74, 6) is 0. The highest BCUT2D eigenvalue weighted by molar-refractivity contribution is 5.86. The molecule has 0 spiro atoms. The van der Waals surface area contributed by atoms with Crippen LogP contribution in [-0.2, 0) is 0 Å². The summed E-state index contributed by atoms with van der Waals surface area (Å²) in [4.78, 5) is 16.9. The van der Waals surface area contributed by atoms with Gasteiger partial charge < -0.3 is 0 Å². The van der Waals surface area contributed by atoms with E-state index in [0.29, 0.717) is 11.3 Å². The van der Waals surface area contributed by atoms with E-state index in [2.05, 4.69) is 29.2 Å². The van der Waals surface area contributed by atoms with Crippen LogP contribution in [0.5, 0.6) is 0 Å². The van der Waals surface area contributed by atoms with Crippen molar-refractivity contribution in [2.24, 2.45) is 0 Å². The summed E-state index contributed by atoms with van der Waals surface area (Å²) in [7, 11) is 0. The smallest absolute Gasteiger partial charge is 0.258 e. The number of nitrogens with zero attached hydrogens (tertiary/aromatic N) is 2. The second-order valence-corrected chi connectivity index (χ2v) is 5.47. The van der Waals surface area contributed by atoms with Crippen molar-refractivity contribution in [2.75, 3.05) is 0 Å². The lowest BCUT2D eigenvalue weighted by atomic mass is 10.0. The molecule has 0 aliphatic carbocycles. The second-order valence-electron chi connectivity index (χ2n) is 5.47. The first kappa shape index (κ1) is 12.8. The van der Waals surface area contributed by atoms with E-state index in [1.165, 1.54) is 5.39 Å². The minimum Gasteiger partial charge on any atom is -0.269 e. The molecule has 4 aromatic rings. The molecule has 0 N–H and O–H groups in total. The molecule has 22 heavy (non-hydrogen) atoms. The maximum Gasteiger partial charge on any atom is 0.258 e. The van der Waals surface area contributed by atoms with Crippen LogP contribution >= 0.6 is 0 Å². The van der Waals surface area contributed by atoms with Crippen LogP contribution in [0.25, 0.3) is 27.7 Å². The van der Waals surface area contributed by atoms with Crippen LogP contribution in [0.2, 0.25) is 0 Å². The number of aryl methyl sites for hydroxylation is 1. The van der Waals surface area contributed by atoms with Gasteiger partial charge in [0.15, 0.2) is 0 Å². The van der Waals surface area contributed by atoms with Crippen molar-refractivity contribution in [1.29, 1.82) is 0 Å². The number of hydrogen-bond acceptors (Lipinski definition) is 2. The third kappa shape index (κ3) is 2.07. The van der Waals surface area contributed by atoms with Gasteiger partial charge in [0.1, 0.15) is 5.65 Å². The molecule has 2 aromatic heterocycles. The molecular weight excluding hydrogens is 272 g/mol. The Labute approximate surface area is 127 Å². The minimum atomic E-state index is -0.0619. The van der Waals surface area contributed by atoms with E-state index in [4.69, 9.17) is 0 Å². The monoisotopic (exact) mass is 286 g/mol. The van der Waals surface area contributed by atoms with Crippen molar-refractivity contribution in [3.05, 3.63) is 82.8 Å². The Balaban J connectivity index is 1.97. The van der Waals surface area contributed by atoms with Crippen LogP contribution < -0.4 is 5.56 Å². The van der Waals surface area contributed by atoms with Gasteiger partial charge in [-0.2, -0.15) is 0 Å². The van der Waals surface area contributed by atoms with Gasteiger partial charge >= 0.3 is 0 Å². The predicted octanol–water partition coefficient (Wildman–Crippen LogP) is 3.82. The number of benzene rings is 2. The van der Waals surface area contributed by atoms with Crippen molar-refractivity contribution in [2.45, 2.75) is 6.92 Å². The van der Waals surface area contributed by atoms with Gasteiger partial charge in [-0.3, -0.25) is 9.20 Å². The third-order valence-corrected chi connectivity index (χ3v) is 3.87. The maximum absolute atomic E-state index is 12.3. The summed E-state index contributed by atoms with van der Waals surface area (Å²) in [6.45, 7) is 1.99. The summed E-state index contributed by atoms with van der Waals surface area (Å²) >= 11 is 0. The van der Waals surface area contributed by atoms with E-state index in [-0.39, 0.29) is 5.56 Å². The first-order valence-electron chi connectivity index (χ1n) is 7.20. The standard InChI is InChI=1S/C19H14N2O/c1-13-8-9-21-18(10-13)20-17(12-19(21)22)16-7-6-14-4-2-3-5-15(14)11-16/h2-12H,1H3. The van der Waals surface area contributed by atoms with Crippen molar-refractivity contribution in [3.63, 3.8) is 0 Å². The first-order valence-corrected chi connectivity index (χ1v) is 7.20. The number of fused-ring (bicyclic) bond motifs is 2. The van der Waals surface area contributed by atoms with Gasteiger partial charge in [-0.05, 0) is 41.5 Å². The number of pyridine rings is 1. The minimum absolute atomic E-state index is 0.0619. The molecule has 4 rings (SSSR count). The molecule has 0 unspecified atom stereocenters. The molecule has 106 valence electrons. The molecule has 0 fully saturated rings. The Morgan fingerprint density at radius 3 is 2.59 bits per heavy atom. The molecule has 3 nitrogen and oxygen atoms in total. The molecule has 0 saturated carbocycles. The zero-order valence-electron chi connectivity index (χ0n) is 12.2. The van der Waals surface area contributed by atoms with Crippen LogP contribution in [0, 0.1) is 6.92 Å². The van der Waals surface area contributed by atoms with Gasteiger partial charge in [-0.1, -0.05) is 36.4 Å². The molecule has 0 aliphatic rings. The van der Waals surface area contributed by atoms with E-state index in [1.807, 2.05) is 37.3 Å². The SMILES string of the molecule is Cc1ccn2c(=O)cc(-c3ccc4ccccc4c3)nc2c1. The van der Waals surface area contributed by atoms with E-state index in [0.717, 1.165) is 16.5 Å². The fraction of sp³-hybridized carbons (Fsp3) is 0.0526. The summed E-state index contributed by atoms with van der Waals surface area (Å²) in [6, 6.07) is 19.7. The summed E-state index contributed by atoms with van der Waals surface area (Å²) in [5.41, 5.74) is 3.37. The Morgan fingerprint density at radius 2 is 1.73 bits per heavy atom. The first-order chi connectivity index (χ1) is 10.7. The topological polar surface area (TPSA) is 34.4 Å². The van der Waals surface area contributed by atoms with E-state index in [1.54, 1.807) is 16.7 Å². The van der Waals surface area contributed by atoms with E-state index >= 15 is 0 Å². The Hall–Kier alpha value is -2.94. The molecule has 3 heteroatoms. The average molecular weight is 286 g/mol. The van der Waals surface area contributed by atoms with Crippen LogP contribution in [0.1, 0.15) is 5.56 Å². The van der Waals surface area contributed by atoms with Crippen LogP contribution in [-0.4, -0.2) is 9.38 Å². The Bertz CT molecular complexity index is 1060. The van der Waals surface area contributed by atoms with Gasteiger partial charge in [-0.15, -0.1) is 0 Å².